The second-order valence-electron chi connectivity index (χ2n) is 4.28. The lowest BCUT2D eigenvalue weighted by molar-refractivity contribution is 0.181. The van der Waals surface area contributed by atoms with Crippen molar-refractivity contribution in [2.45, 2.75) is 6.10 Å². The first-order valence-electron chi connectivity index (χ1n) is 5.90. The summed E-state index contributed by atoms with van der Waals surface area (Å²) < 4.78 is 53.3. The number of hydrogen-bond donors (Lipinski definition) is 2. The van der Waals surface area contributed by atoms with E-state index in [0.717, 1.165) is 24.3 Å². The monoisotopic (exact) mass is 319 g/mol. The van der Waals surface area contributed by atoms with Crippen molar-refractivity contribution in [1.82, 2.24) is 0 Å². The van der Waals surface area contributed by atoms with Crippen LogP contribution in [0.5, 0.6) is 0 Å². The summed E-state index contributed by atoms with van der Waals surface area (Å²) in [4.78, 5) is 0. The van der Waals surface area contributed by atoms with Crippen LogP contribution in [0.4, 0.5) is 23.2 Å². The molecule has 0 spiro atoms. The molecule has 7 heteroatoms. The van der Waals surface area contributed by atoms with Gasteiger partial charge in [-0.15, -0.1) is 0 Å². The molecule has 0 saturated carbocycles. The summed E-state index contributed by atoms with van der Waals surface area (Å²) in [7, 11) is 0. The number of anilines is 1. The molecule has 0 aliphatic carbocycles. The Morgan fingerprint density at radius 2 is 1.67 bits per heavy atom. The highest BCUT2D eigenvalue weighted by Gasteiger charge is 2.19. The Hall–Kier alpha value is -1.79. The molecule has 112 valence electrons. The van der Waals surface area contributed by atoms with Gasteiger partial charge < -0.3 is 10.4 Å². The van der Waals surface area contributed by atoms with E-state index in [9.17, 15) is 22.7 Å². The first kappa shape index (κ1) is 15.6. The third-order valence-corrected chi connectivity index (χ3v) is 3.11. The molecular weight excluding hydrogens is 310 g/mol. The highest BCUT2D eigenvalue weighted by molar-refractivity contribution is 6.33. The summed E-state index contributed by atoms with van der Waals surface area (Å²) >= 11 is 5.65. The van der Waals surface area contributed by atoms with Crippen LogP contribution in [0.2, 0.25) is 5.02 Å². The number of rotatable bonds is 4. The lowest BCUT2D eigenvalue weighted by atomic mass is 10.1. The third kappa shape index (κ3) is 3.46. The molecule has 2 aromatic carbocycles. The quantitative estimate of drug-likeness (QED) is 0.834. The average Bonchev–Trinajstić information content (AvgIpc) is 2.37. The summed E-state index contributed by atoms with van der Waals surface area (Å²) in [5.74, 6) is -3.67. The molecule has 0 bridgehead atoms. The minimum Gasteiger partial charge on any atom is -0.386 e. The van der Waals surface area contributed by atoms with Crippen LogP contribution in [0, 0.1) is 23.3 Å². The Labute approximate surface area is 123 Å². The summed E-state index contributed by atoms with van der Waals surface area (Å²) in [6, 6.07) is 4.62. The van der Waals surface area contributed by atoms with E-state index in [0.29, 0.717) is 6.07 Å². The summed E-state index contributed by atoms with van der Waals surface area (Å²) in [5.41, 5.74) is -0.794. The Balaban J connectivity index is 2.17. The standard InChI is InChI=1S/C14H10ClF4NO/c15-8-4-7(16)5-11(19)14(8)20-6-12(21)13-9(17)2-1-3-10(13)18/h1-5,12,20-21H,6H2. The van der Waals surface area contributed by atoms with E-state index >= 15 is 0 Å². The van der Waals surface area contributed by atoms with Crippen LogP contribution < -0.4 is 5.32 Å². The van der Waals surface area contributed by atoms with Gasteiger partial charge in [-0.3, -0.25) is 0 Å². The number of aliphatic hydroxyl groups is 1. The fraction of sp³-hybridized carbons (Fsp3) is 0.143. The molecule has 2 rings (SSSR count). The highest BCUT2D eigenvalue weighted by Crippen LogP contribution is 2.28. The van der Waals surface area contributed by atoms with E-state index in [-0.39, 0.29) is 10.7 Å². The van der Waals surface area contributed by atoms with Gasteiger partial charge in [0, 0.05) is 12.6 Å². The maximum absolute atomic E-state index is 13.5. The van der Waals surface area contributed by atoms with Crippen molar-refractivity contribution in [2.75, 3.05) is 11.9 Å². The van der Waals surface area contributed by atoms with E-state index < -0.39 is 41.5 Å². The Kier molecular flexibility index (Phi) is 4.69. The fourth-order valence-corrected chi connectivity index (χ4v) is 2.10. The molecule has 2 N–H and O–H groups in total. The summed E-state index contributed by atoms with van der Waals surface area (Å²) in [5, 5.41) is 12.0. The molecular formula is C14H10ClF4NO. The van der Waals surface area contributed by atoms with Crippen molar-refractivity contribution in [1.29, 1.82) is 0 Å². The van der Waals surface area contributed by atoms with Crippen LogP contribution in [0.15, 0.2) is 30.3 Å². The van der Waals surface area contributed by atoms with Crippen molar-refractivity contribution in [2.24, 2.45) is 0 Å². The van der Waals surface area contributed by atoms with Crippen molar-refractivity contribution in [3.63, 3.8) is 0 Å². The van der Waals surface area contributed by atoms with Gasteiger partial charge in [0.15, 0.2) is 5.82 Å². The molecule has 0 aliphatic rings. The number of halogens is 5. The largest absolute Gasteiger partial charge is 0.386 e. The normalized spacial score (nSPS) is 12.3. The zero-order chi connectivity index (χ0) is 15.6. The van der Waals surface area contributed by atoms with E-state index in [1.807, 2.05) is 0 Å². The van der Waals surface area contributed by atoms with Crippen LogP contribution in [0.25, 0.3) is 0 Å². The molecule has 2 aromatic rings. The lowest BCUT2D eigenvalue weighted by Gasteiger charge is -2.16. The first-order chi connectivity index (χ1) is 9.90. The molecule has 0 fully saturated rings. The molecule has 2 nitrogen and oxygen atoms in total. The Morgan fingerprint density at radius 1 is 1.05 bits per heavy atom. The molecule has 21 heavy (non-hydrogen) atoms. The molecule has 0 amide bonds. The Bertz CT molecular complexity index is 622. The molecule has 1 unspecified atom stereocenters. The topological polar surface area (TPSA) is 32.3 Å². The maximum Gasteiger partial charge on any atom is 0.150 e. The smallest absolute Gasteiger partial charge is 0.150 e. The van der Waals surface area contributed by atoms with Gasteiger partial charge in [0.25, 0.3) is 0 Å². The minimum atomic E-state index is -1.56. The SMILES string of the molecule is OC(CNc1c(F)cc(F)cc1Cl)c1c(F)cccc1F. The average molecular weight is 320 g/mol. The maximum atomic E-state index is 13.5. The van der Waals surface area contributed by atoms with Gasteiger partial charge in [0.2, 0.25) is 0 Å². The van der Waals surface area contributed by atoms with Gasteiger partial charge in [-0.1, -0.05) is 17.7 Å². The zero-order valence-electron chi connectivity index (χ0n) is 10.5. The van der Waals surface area contributed by atoms with Crippen molar-refractivity contribution < 1.29 is 22.7 Å². The second-order valence-corrected chi connectivity index (χ2v) is 4.68. The number of hydrogen-bond acceptors (Lipinski definition) is 2. The van der Waals surface area contributed by atoms with Gasteiger partial charge in [-0.2, -0.15) is 0 Å². The Morgan fingerprint density at radius 3 is 2.24 bits per heavy atom. The number of aliphatic hydroxyl groups excluding tert-OH is 1. The number of benzene rings is 2. The highest BCUT2D eigenvalue weighted by atomic mass is 35.5. The first-order valence-corrected chi connectivity index (χ1v) is 6.28. The van der Waals surface area contributed by atoms with E-state index in [2.05, 4.69) is 5.32 Å². The van der Waals surface area contributed by atoms with Gasteiger partial charge >= 0.3 is 0 Å². The van der Waals surface area contributed by atoms with Crippen LogP contribution in [-0.2, 0) is 0 Å². The predicted molar refractivity (Wildman–Crippen MR) is 71.2 cm³/mol. The van der Waals surface area contributed by atoms with Crippen molar-refractivity contribution in [3.05, 3.63) is 64.2 Å². The molecule has 0 radical (unpaired) electrons. The molecule has 1 atom stereocenters. The summed E-state index contributed by atoms with van der Waals surface area (Å²) in [6.07, 6.45) is -1.56. The third-order valence-electron chi connectivity index (χ3n) is 2.81. The molecule has 0 aliphatic heterocycles. The predicted octanol–water partition coefficient (Wildman–Crippen LogP) is 4.04. The number of nitrogens with one attached hydrogen (secondary N) is 1. The lowest BCUT2D eigenvalue weighted by Crippen LogP contribution is -2.16. The van der Waals surface area contributed by atoms with Crippen molar-refractivity contribution >= 4 is 17.3 Å². The van der Waals surface area contributed by atoms with E-state index in [1.165, 1.54) is 0 Å². The molecule has 0 aromatic heterocycles. The van der Waals surface area contributed by atoms with Crippen LogP contribution >= 0.6 is 11.6 Å². The second kappa shape index (κ2) is 6.32. The van der Waals surface area contributed by atoms with E-state index in [1.54, 1.807) is 0 Å². The fourth-order valence-electron chi connectivity index (χ4n) is 1.84. The van der Waals surface area contributed by atoms with Crippen LogP contribution in [0.3, 0.4) is 0 Å². The zero-order valence-corrected chi connectivity index (χ0v) is 11.3. The van der Waals surface area contributed by atoms with Crippen molar-refractivity contribution in [3.8, 4) is 0 Å². The van der Waals surface area contributed by atoms with Gasteiger partial charge in [0.1, 0.15) is 23.6 Å². The van der Waals surface area contributed by atoms with Crippen LogP contribution in [-0.4, -0.2) is 11.7 Å². The van der Waals surface area contributed by atoms with Crippen LogP contribution in [0.1, 0.15) is 11.7 Å². The van der Waals surface area contributed by atoms with Gasteiger partial charge in [0.05, 0.1) is 16.3 Å². The van der Waals surface area contributed by atoms with Gasteiger partial charge in [-0.05, 0) is 18.2 Å². The van der Waals surface area contributed by atoms with Gasteiger partial charge in [-0.25, -0.2) is 17.6 Å². The van der Waals surface area contributed by atoms with E-state index in [4.69, 9.17) is 11.6 Å². The summed E-state index contributed by atoms with van der Waals surface area (Å²) in [6.45, 7) is -0.403. The molecule has 0 heterocycles. The minimum absolute atomic E-state index is 0.242. The molecule has 0 saturated heterocycles.